The summed E-state index contributed by atoms with van der Waals surface area (Å²) >= 11 is 5.97. The third kappa shape index (κ3) is 4.25. The fraction of sp³-hybridized carbons (Fsp3) is 0.231. The Kier molecular flexibility index (Phi) is 5.97. The molecule has 0 aliphatic carbocycles. The standard InChI is InChI=1S/C26H21ClFN5O2/c1-15-30-21-13-23(33-10-11-35-22(14-33)16-4-7-18(29-2)8-5-16)31-25(24(21)26(34)32(15)3)19-9-6-17(27)12-20(19)28/h4-9,12-13,22H,10-11,14H2,1,3H3/t22-/m0/s1. The van der Waals surface area contributed by atoms with Gasteiger partial charge in [-0.3, -0.25) is 9.36 Å². The van der Waals surface area contributed by atoms with Crippen LogP contribution in [-0.4, -0.2) is 34.2 Å². The van der Waals surface area contributed by atoms with E-state index in [0.29, 0.717) is 42.5 Å². The van der Waals surface area contributed by atoms with Crippen molar-refractivity contribution in [3.05, 3.63) is 92.5 Å². The largest absolute Gasteiger partial charge is 0.370 e. The Balaban J connectivity index is 1.63. The molecule has 1 saturated heterocycles. The van der Waals surface area contributed by atoms with E-state index < -0.39 is 5.82 Å². The van der Waals surface area contributed by atoms with E-state index in [-0.39, 0.29) is 33.3 Å². The summed E-state index contributed by atoms with van der Waals surface area (Å²) < 4.78 is 22.4. The number of aryl methyl sites for hydroxylation is 1. The van der Waals surface area contributed by atoms with Crippen LogP contribution in [0.2, 0.25) is 5.02 Å². The van der Waals surface area contributed by atoms with Crippen molar-refractivity contribution in [2.24, 2.45) is 7.05 Å². The van der Waals surface area contributed by atoms with Crippen molar-refractivity contribution < 1.29 is 9.13 Å². The van der Waals surface area contributed by atoms with Crippen molar-refractivity contribution in [3.8, 4) is 11.3 Å². The number of anilines is 1. The Labute approximate surface area is 206 Å². The molecule has 7 nitrogen and oxygen atoms in total. The van der Waals surface area contributed by atoms with Gasteiger partial charge in [-0.1, -0.05) is 35.9 Å². The van der Waals surface area contributed by atoms with E-state index >= 15 is 0 Å². The van der Waals surface area contributed by atoms with E-state index in [2.05, 4.69) is 9.83 Å². The summed E-state index contributed by atoms with van der Waals surface area (Å²) in [5.74, 6) is 0.556. The maximum Gasteiger partial charge on any atom is 0.263 e. The molecule has 0 spiro atoms. The average molecular weight is 490 g/mol. The number of aromatic nitrogens is 3. The molecule has 0 bridgehead atoms. The highest BCUT2D eigenvalue weighted by Gasteiger charge is 2.25. The van der Waals surface area contributed by atoms with E-state index in [1.54, 1.807) is 38.2 Å². The minimum absolute atomic E-state index is 0.184. The quantitative estimate of drug-likeness (QED) is 0.369. The normalized spacial score (nSPS) is 15.9. The molecule has 1 aliphatic heterocycles. The summed E-state index contributed by atoms with van der Waals surface area (Å²) in [6, 6.07) is 13.4. The lowest BCUT2D eigenvalue weighted by Gasteiger charge is -2.34. The summed E-state index contributed by atoms with van der Waals surface area (Å²) in [5, 5.41) is 0.511. The van der Waals surface area contributed by atoms with Gasteiger partial charge in [0, 0.05) is 36.8 Å². The monoisotopic (exact) mass is 489 g/mol. The fourth-order valence-electron chi connectivity index (χ4n) is 4.24. The van der Waals surface area contributed by atoms with E-state index in [4.69, 9.17) is 27.9 Å². The molecule has 0 amide bonds. The van der Waals surface area contributed by atoms with Crippen LogP contribution in [0.3, 0.4) is 0 Å². The number of benzene rings is 2. The molecule has 0 radical (unpaired) electrons. The van der Waals surface area contributed by atoms with Gasteiger partial charge in [-0.2, -0.15) is 0 Å². The lowest BCUT2D eigenvalue weighted by Crippen LogP contribution is -2.39. The molecule has 2 aromatic carbocycles. The average Bonchev–Trinajstić information content (AvgIpc) is 2.87. The van der Waals surface area contributed by atoms with Crippen molar-refractivity contribution in [2.45, 2.75) is 13.0 Å². The minimum atomic E-state index is -0.564. The summed E-state index contributed by atoms with van der Waals surface area (Å²) in [6.45, 7) is 10.4. The Morgan fingerprint density at radius 3 is 2.66 bits per heavy atom. The molecule has 1 atom stereocenters. The third-order valence-corrected chi connectivity index (χ3v) is 6.48. The van der Waals surface area contributed by atoms with Crippen molar-refractivity contribution in [1.29, 1.82) is 0 Å². The SMILES string of the molecule is [C-]#[N+]c1ccc([C@@H]2CN(c3cc4nc(C)n(C)c(=O)c4c(-c4ccc(Cl)cc4F)n3)CCO2)cc1. The van der Waals surface area contributed by atoms with Crippen LogP contribution in [0.25, 0.3) is 27.0 Å². The van der Waals surface area contributed by atoms with Gasteiger partial charge in [0.05, 0.1) is 35.9 Å². The first-order valence-electron chi connectivity index (χ1n) is 11.0. The van der Waals surface area contributed by atoms with Gasteiger partial charge < -0.3 is 9.64 Å². The van der Waals surface area contributed by atoms with E-state index in [9.17, 15) is 9.18 Å². The molecule has 176 valence electrons. The highest BCUT2D eigenvalue weighted by atomic mass is 35.5. The number of morpholine rings is 1. The Hall–Kier alpha value is -3.80. The van der Waals surface area contributed by atoms with Crippen LogP contribution in [0, 0.1) is 19.3 Å². The van der Waals surface area contributed by atoms with Gasteiger partial charge in [-0.05, 0) is 30.7 Å². The van der Waals surface area contributed by atoms with Gasteiger partial charge in [0.25, 0.3) is 5.56 Å². The highest BCUT2D eigenvalue weighted by Crippen LogP contribution is 2.33. The summed E-state index contributed by atoms with van der Waals surface area (Å²) in [6.07, 6.45) is -0.227. The molecule has 1 fully saturated rings. The molecule has 0 saturated carbocycles. The van der Waals surface area contributed by atoms with E-state index in [0.717, 1.165) is 5.56 Å². The van der Waals surface area contributed by atoms with Crippen LogP contribution in [0.4, 0.5) is 15.9 Å². The summed E-state index contributed by atoms with van der Waals surface area (Å²) in [4.78, 5) is 28.0. The molecule has 35 heavy (non-hydrogen) atoms. The van der Waals surface area contributed by atoms with Crippen LogP contribution >= 0.6 is 11.6 Å². The molecular weight excluding hydrogens is 469 g/mol. The van der Waals surface area contributed by atoms with Crippen molar-refractivity contribution >= 4 is 34.0 Å². The first-order chi connectivity index (χ1) is 16.9. The van der Waals surface area contributed by atoms with Crippen molar-refractivity contribution in [1.82, 2.24) is 14.5 Å². The van der Waals surface area contributed by atoms with Crippen LogP contribution < -0.4 is 10.5 Å². The molecule has 1 aliphatic rings. The number of halogens is 2. The second-order valence-corrected chi connectivity index (χ2v) is 8.82. The van der Waals surface area contributed by atoms with Gasteiger partial charge in [0.15, 0.2) is 5.69 Å². The predicted octanol–water partition coefficient (Wildman–Crippen LogP) is 5.23. The Morgan fingerprint density at radius 2 is 1.94 bits per heavy atom. The second kappa shape index (κ2) is 9.10. The Bertz CT molecular complexity index is 1550. The van der Waals surface area contributed by atoms with Gasteiger partial charge in [0.2, 0.25) is 0 Å². The smallest absolute Gasteiger partial charge is 0.263 e. The van der Waals surface area contributed by atoms with Crippen molar-refractivity contribution in [3.63, 3.8) is 0 Å². The number of rotatable bonds is 3. The molecule has 0 unspecified atom stereocenters. The lowest BCUT2D eigenvalue weighted by atomic mass is 10.1. The topological polar surface area (TPSA) is 64.6 Å². The maximum atomic E-state index is 15.0. The Morgan fingerprint density at radius 1 is 1.17 bits per heavy atom. The minimum Gasteiger partial charge on any atom is -0.370 e. The fourth-order valence-corrected chi connectivity index (χ4v) is 4.40. The van der Waals surface area contributed by atoms with E-state index in [1.165, 1.54) is 16.7 Å². The van der Waals surface area contributed by atoms with Crippen LogP contribution in [0.1, 0.15) is 17.5 Å². The molecule has 3 heterocycles. The van der Waals surface area contributed by atoms with Crippen LogP contribution in [0.15, 0.2) is 53.3 Å². The van der Waals surface area contributed by atoms with Crippen LogP contribution in [0.5, 0.6) is 0 Å². The molecule has 9 heteroatoms. The van der Waals surface area contributed by atoms with Gasteiger partial charge >= 0.3 is 0 Å². The maximum absolute atomic E-state index is 15.0. The zero-order valence-electron chi connectivity index (χ0n) is 19.1. The van der Waals surface area contributed by atoms with Crippen molar-refractivity contribution in [2.75, 3.05) is 24.6 Å². The number of pyridine rings is 1. The van der Waals surface area contributed by atoms with Gasteiger partial charge in [-0.25, -0.2) is 19.2 Å². The van der Waals surface area contributed by atoms with Crippen LogP contribution in [-0.2, 0) is 11.8 Å². The lowest BCUT2D eigenvalue weighted by molar-refractivity contribution is 0.0395. The predicted molar refractivity (Wildman–Crippen MR) is 134 cm³/mol. The van der Waals surface area contributed by atoms with Gasteiger partial charge in [-0.15, -0.1) is 0 Å². The first-order valence-corrected chi connectivity index (χ1v) is 11.4. The van der Waals surface area contributed by atoms with E-state index in [1.807, 2.05) is 17.0 Å². The number of ether oxygens (including phenoxy) is 1. The molecule has 0 N–H and O–H groups in total. The summed E-state index contributed by atoms with van der Waals surface area (Å²) in [5.41, 5.74) is 2.08. The first kappa shape index (κ1) is 23.0. The summed E-state index contributed by atoms with van der Waals surface area (Å²) in [7, 11) is 1.63. The second-order valence-electron chi connectivity index (χ2n) is 8.38. The zero-order chi connectivity index (χ0) is 24.7. The third-order valence-electron chi connectivity index (χ3n) is 6.24. The number of fused-ring (bicyclic) bond motifs is 1. The molecule has 4 aromatic rings. The number of hydrogen-bond acceptors (Lipinski definition) is 5. The zero-order valence-corrected chi connectivity index (χ0v) is 19.9. The number of nitrogens with zero attached hydrogens (tertiary/aromatic N) is 5. The highest BCUT2D eigenvalue weighted by molar-refractivity contribution is 6.30. The molecule has 5 rings (SSSR count). The molecular formula is C26H21ClFN5O2. The molecule has 2 aromatic heterocycles. The van der Waals surface area contributed by atoms with Gasteiger partial charge in [0.1, 0.15) is 17.5 Å². The number of hydrogen-bond donors (Lipinski definition) is 0.